The van der Waals surface area contributed by atoms with Gasteiger partial charge < -0.3 is 14.1 Å². The van der Waals surface area contributed by atoms with Crippen LogP contribution in [0.4, 0.5) is 17.1 Å². The average molecular weight is 842 g/mol. The van der Waals surface area contributed by atoms with E-state index in [2.05, 4.69) is 241 Å². The van der Waals surface area contributed by atoms with E-state index in [4.69, 9.17) is 9.15 Å². The molecule has 0 N–H and O–H groups in total. The van der Waals surface area contributed by atoms with Gasteiger partial charge in [0.15, 0.2) is 0 Å². The Hall–Kier alpha value is -8.66. The highest BCUT2D eigenvalue weighted by molar-refractivity contribution is 6.15. The summed E-state index contributed by atoms with van der Waals surface area (Å²) in [6, 6.07) is 85.7. The summed E-state index contributed by atoms with van der Waals surface area (Å²) in [6.07, 6.45) is 0. The Bertz CT molecular complexity index is 3870. The Balaban J connectivity index is 1.08. The number of anilines is 3. The highest BCUT2D eigenvalue weighted by Gasteiger charge is 2.52. The van der Waals surface area contributed by atoms with Crippen molar-refractivity contribution in [3.8, 4) is 44.9 Å². The molecule has 3 nitrogen and oxygen atoms in total. The number of rotatable bonds is 5. The van der Waals surface area contributed by atoms with Crippen LogP contribution in [-0.2, 0) is 5.41 Å². The fraction of sp³-hybridized carbons (Fsp3) is 0.0159. The van der Waals surface area contributed by atoms with Gasteiger partial charge in [-0.2, -0.15) is 0 Å². The minimum atomic E-state index is -0.639. The molecule has 12 aromatic rings. The van der Waals surface area contributed by atoms with Crippen LogP contribution in [0.5, 0.6) is 11.5 Å². The van der Waals surface area contributed by atoms with Crippen molar-refractivity contribution in [3.05, 3.63) is 259 Å². The fourth-order valence-electron chi connectivity index (χ4n) is 11.3. The topological polar surface area (TPSA) is 25.6 Å². The van der Waals surface area contributed by atoms with E-state index in [9.17, 15) is 0 Å². The maximum Gasteiger partial charge on any atom is 0.143 e. The molecular weight excluding hydrogens is 803 g/mol. The van der Waals surface area contributed by atoms with Crippen molar-refractivity contribution in [2.24, 2.45) is 0 Å². The van der Waals surface area contributed by atoms with Crippen LogP contribution in [0.2, 0.25) is 0 Å². The van der Waals surface area contributed by atoms with Gasteiger partial charge in [0.2, 0.25) is 0 Å². The smallest absolute Gasteiger partial charge is 0.143 e. The molecule has 0 radical (unpaired) electrons. The lowest BCUT2D eigenvalue weighted by Crippen LogP contribution is -2.32. The summed E-state index contributed by atoms with van der Waals surface area (Å²) < 4.78 is 13.6. The van der Waals surface area contributed by atoms with E-state index in [0.29, 0.717) is 0 Å². The number of hydrogen-bond donors (Lipinski definition) is 0. The first-order valence-electron chi connectivity index (χ1n) is 22.7. The van der Waals surface area contributed by atoms with Crippen LogP contribution in [0.3, 0.4) is 0 Å². The molecule has 0 saturated heterocycles. The standard InChI is InChI=1S/C63H39NO2/c1-2-20-44(21-3-1)64(45-38-51(62-52(39-45)49-24-9-13-30-57(49)66-62)42-35-33-41(34-36-42)47-26-16-19-40-17-4-6-22-46(40)47)61-48-23-7-5-18-43(48)37-56-60(61)50-25-8-10-27-53(50)63(56)54-28-11-14-31-58(54)65-59-32-15-12-29-55(59)63/h1-39H. The third-order valence-corrected chi connectivity index (χ3v) is 14.1. The molecule has 2 heterocycles. The molecule has 0 saturated carbocycles. The van der Waals surface area contributed by atoms with Crippen molar-refractivity contribution < 1.29 is 9.15 Å². The van der Waals surface area contributed by atoms with Crippen LogP contribution in [0, 0.1) is 0 Å². The van der Waals surface area contributed by atoms with Crippen molar-refractivity contribution >= 4 is 60.5 Å². The molecule has 1 aliphatic carbocycles. The number of hydrogen-bond acceptors (Lipinski definition) is 3. The largest absolute Gasteiger partial charge is 0.457 e. The third-order valence-electron chi connectivity index (χ3n) is 14.1. The molecule has 2 aliphatic rings. The maximum absolute atomic E-state index is 6.86. The van der Waals surface area contributed by atoms with Crippen LogP contribution in [0.1, 0.15) is 22.3 Å². The molecule has 1 spiro atoms. The van der Waals surface area contributed by atoms with Gasteiger partial charge in [-0.25, -0.2) is 0 Å². The molecule has 0 unspecified atom stereocenters. The summed E-state index contributed by atoms with van der Waals surface area (Å²) in [5.41, 5.74) is 16.0. The average Bonchev–Trinajstić information content (AvgIpc) is 3.90. The normalized spacial score (nSPS) is 13.1. The minimum absolute atomic E-state index is 0.639. The fourth-order valence-corrected chi connectivity index (χ4v) is 11.3. The van der Waals surface area contributed by atoms with E-state index in [1.165, 1.54) is 54.9 Å². The summed E-state index contributed by atoms with van der Waals surface area (Å²) >= 11 is 0. The second-order valence-electron chi connectivity index (χ2n) is 17.5. The molecule has 308 valence electrons. The quantitative estimate of drug-likeness (QED) is 0.173. The van der Waals surface area contributed by atoms with Gasteiger partial charge in [0.1, 0.15) is 22.7 Å². The van der Waals surface area contributed by atoms with Crippen molar-refractivity contribution in [1.82, 2.24) is 0 Å². The highest BCUT2D eigenvalue weighted by atomic mass is 16.5. The zero-order chi connectivity index (χ0) is 43.3. The number of furan rings is 1. The summed E-state index contributed by atoms with van der Waals surface area (Å²) in [7, 11) is 0. The van der Waals surface area contributed by atoms with Gasteiger partial charge in [-0.15, -0.1) is 0 Å². The van der Waals surface area contributed by atoms with E-state index < -0.39 is 5.41 Å². The molecule has 0 amide bonds. The van der Waals surface area contributed by atoms with Crippen molar-refractivity contribution in [3.63, 3.8) is 0 Å². The molecule has 0 fully saturated rings. The zero-order valence-electron chi connectivity index (χ0n) is 35.8. The summed E-state index contributed by atoms with van der Waals surface area (Å²) in [5, 5.41) is 6.96. The van der Waals surface area contributed by atoms with Crippen LogP contribution < -0.4 is 9.64 Å². The minimum Gasteiger partial charge on any atom is -0.457 e. The number of benzene rings is 11. The van der Waals surface area contributed by atoms with Gasteiger partial charge in [0.25, 0.3) is 0 Å². The SMILES string of the molecule is c1ccc(N(c2cc(-c3ccc(-c4cccc5ccccc45)cc3)c3oc4ccccc4c3c2)c2c3c(cc4ccccc24)C2(c4ccccc4Oc4ccccc42)c2ccccc2-3)cc1. The predicted octanol–water partition coefficient (Wildman–Crippen LogP) is 17.2. The molecule has 66 heavy (non-hydrogen) atoms. The molecule has 11 aromatic carbocycles. The van der Waals surface area contributed by atoms with Gasteiger partial charge in [-0.3, -0.25) is 0 Å². The summed E-state index contributed by atoms with van der Waals surface area (Å²) in [4.78, 5) is 2.50. The van der Waals surface area contributed by atoms with Crippen molar-refractivity contribution in [2.75, 3.05) is 4.90 Å². The lowest BCUT2D eigenvalue weighted by molar-refractivity contribution is 0.436. The molecule has 1 aliphatic heterocycles. The Morgan fingerprint density at radius 2 is 0.924 bits per heavy atom. The van der Waals surface area contributed by atoms with Gasteiger partial charge >= 0.3 is 0 Å². The van der Waals surface area contributed by atoms with E-state index in [-0.39, 0.29) is 0 Å². The second kappa shape index (κ2) is 14.2. The second-order valence-corrected chi connectivity index (χ2v) is 17.5. The molecule has 14 rings (SSSR count). The maximum atomic E-state index is 6.86. The number of fused-ring (bicyclic) bond motifs is 14. The molecule has 0 bridgehead atoms. The van der Waals surface area contributed by atoms with E-state index >= 15 is 0 Å². The predicted molar refractivity (Wildman–Crippen MR) is 272 cm³/mol. The number of para-hydroxylation sites is 4. The van der Waals surface area contributed by atoms with Crippen LogP contribution in [-0.4, -0.2) is 0 Å². The van der Waals surface area contributed by atoms with Gasteiger partial charge in [0, 0.05) is 49.8 Å². The van der Waals surface area contributed by atoms with Crippen LogP contribution in [0.15, 0.2) is 241 Å². The van der Waals surface area contributed by atoms with E-state index in [1.54, 1.807) is 0 Å². The first kappa shape index (κ1) is 36.8. The Labute approximate surface area is 382 Å². The monoisotopic (exact) mass is 841 g/mol. The van der Waals surface area contributed by atoms with E-state index in [1.807, 2.05) is 0 Å². The Kier molecular flexibility index (Phi) is 7.90. The zero-order valence-corrected chi connectivity index (χ0v) is 35.8. The van der Waals surface area contributed by atoms with Gasteiger partial charge in [-0.1, -0.05) is 188 Å². The third kappa shape index (κ3) is 5.20. The lowest BCUT2D eigenvalue weighted by atomic mass is 9.66. The molecule has 3 heteroatoms. The summed E-state index contributed by atoms with van der Waals surface area (Å²) in [6.45, 7) is 0. The van der Waals surface area contributed by atoms with Gasteiger partial charge in [0.05, 0.1) is 11.1 Å². The highest BCUT2D eigenvalue weighted by Crippen LogP contribution is 2.65. The number of ether oxygens (including phenoxy) is 1. The van der Waals surface area contributed by atoms with Crippen molar-refractivity contribution in [2.45, 2.75) is 5.41 Å². The van der Waals surface area contributed by atoms with Crippen LogP contribution in [0.25, 0.3) is 76.9 Å². The first-order chi connectivity index (χ1) is 32.7. The summed E-state index contributed by atoms with van der Waals surface area (Å²) in [5.74, 6) is 1.75. The van der Waals surface area contributed by atoms with Crippen LogP contribution >= 0.6 is 0 Å². The van der Waals surface area contributed by atoms with Gasteiger partial charge in [-0.05, 0) is 98.1 Å². The van der Waals surface area contributed by atoms with E-state index in [0.717, 1.165) is 72.8 Å². The Morgan fingerprint density at radius 3 is 1.70 bits per heavy atom. The Morgan fingerprint density at radius 1 is 0.348 bits per heavy atom. The first-order valence-corrected chi connectivity index (χ1v) is 22.7. The molecule has 0 atom stereocenters. The molecule has 1 aromatic heterocycles. The van der Waals surface area contributed by atoms with Crippen molar-refractivity contribution in [1.29, 1.82) is 0 Å². The molecular formula is C63H39NO2. The number of nitrogens with zero attached hydrogens (tertiary/aromatic N) is 1. The lowest BCUT2D eigenvalue weighted by Gasteiger charge is -2.39.